The Hall–Kier alpha value is -1.15. The van der Waals surface area contributed by atoms with Gasteiger partial charge in [0, 0.05) is 11.0 Å². The normalized spacial score (nSPS) is 11.7. The molecule has 7 heteroatoms. The molecule has 1 heterocycles. The van der Waals surface area contributed by atoms with E-state index in [1.165, 1.54) is 6.26 Å². The van der Waals surface area contributed by atoms with Gasteiger partial charge >= 0.3 is 0 Å². The first kappa shape index (κ1) is 15.2. The van der Waals surface area contributed by atoms with Crippen molar-refractivity contribution in [3.05, 3.63) is 52.4 Å². The topological polar surface area (TPSA) is 71.3 Å². The lowest BCUT2D eigenvalue weighted by molar-refractivity contribution is 0.498. The predicted octanol–water partition coefficient (Wildman–Crippen LogP) is 2.24. The first-order chi connectivity index (χ1) is 9.53. The molecule has 2 N–H and O–H groups in total. The molecule has 0 amide bonds. The number of hydrogen-bond acceptors (Lipinski definition) is 4. The molecule has 108 valence electrons. The Morgan fingerprint density at radius 3 is 2.65 bits per heavy atom. The van der Waals surface area contributed by atoms with E-state index in [2.05, 4.69) is 26.0 Å². The summed E-state index contributed by atoms with van der Waals surface area (Å²) in [6.07, 6.45) is 1.51. The minimum atomic E-state index is -3.58. The lowest BCUT2D eigenvalue weighted by Gasteiger charge is -2.09. The van der Waals surface area contributed by atoms with Crippen molar-refractivity contribution in [2.45, 2.75) is 18.0 Å². The van der Waals surface area contributed by atoms with Crippen LogP contribution in [-0.2, 0) is 23.1 Å². The van der Waals surface area contributed by atoms with Crippen LogP contribution in [-0.4, -0.2) is 15.5 Å². The van der Waals surface area contributed by atoms with Crippen LogP contribution in [0.5, 0.6) is 0 Å². The lowest BCUT2D eigenvalue weighted by Crippen LogP contribution is -2.23. The van der Waals surface area contributed by atoms with Gasteiger partial charge in [-0.3, -0.25) is 0 Å². The molecule has 0 saturated heterocycles. The molecule has 0 saturated carbocycles. The van der Waals surface area contributed by atoms with Crippen molar-refractivity contribution in [3.63, 3.8) is 0 Å². The molecule has 20 heavy (non-hydrogen) atoms. The van der Waals surface area contributed by atoms with E-state index in [0.717, 1.165) is 5.56 Å². The third kappa shape index (κ3) is 3.69. The first-order valence-corrected chi connectivity index (χ1v) is 8.25. The van der Waals surface area contributed by atoms with Crippen LogP contribution in [0, 0.1) is 0 Å². The number of hydrogen-bond donors (Lipinski definition) is 2. The second-order valence-electron chi connectivity index (χ2n) is 4.20. The van der Waals surface area contributed by atoms with Gasteiger partial charge in [-0.1, -0.05) is 6.07 Å². The standard InChI is InChI=1S/C13H15BrN2O3S/c1-15-8-10-4-5-13(12(14)7-10)20(17,18)16-9-11-3-2-6-19-11/h2-7,15-16H,8-9H2,1H3. The average Bonchev–Trinajstić information content (AvgIpc) is 2.90. The summed E-state index contributed by atoms with van der Waals surface area (Å²) in [5.41, 5.74) is 1.00. The van der Waals surface area contributed by atoms with E-state index >= 15 is 0 Å². The summed E-state index contributed by atoms with van der Waals surface area (Å²) in [7, 11) is -1.74. The van der Waals surface area contributed by atoms with Crippen molar-refractivity contribution in [1.29, 1.82) is 0 Å². The number of sulfonamides is 1. The highest BCUT2D eigenvalue weighted by atomic mass is 79.9. The van der Waals surface area contributed by atoms with Crippen LogP contribution in [0.15, 0.2) is 50.4 Å². The van der Waals surface area contributed by atoms with Gasteiger partial charge in [0.1, 0.15) is 5.76 Å². The monoisotopic (exact) mass is 358 g/mol. The Morgan fingerprint density at radius 2 is 2.05 bits per heavy atom. The quantitative estimate of drug-likeness (QED) is 0.830. The smallest absolute Gasteiger partial charge is 0.242 e. The molecule has 0 atom stereocenters. The Bertz CT molecular complexity index is 669. The van der Waals surface area contributed by atoms with E-state index in [9.17, 15) is 8.42 Å². The minimum Gasteiger partial charge on any atom is -0.468 e. The third-order valence-electron chi connectivity index (χ3n) is 2.68. The maximum absolute atomic E-state index is 12.2. The summed E-state index contributed by atoms with van der Waals surface area (Å²) in [5, 5.41) is 3.01. The fourth-order valence-electron chi connectivity index (χ4n) is 1.73. The van der Waals surface area contributed by atoms with Crippen LogP contribution in [0.1, 0.15) is 11.3 Å². The van der Waals surface area contributed by atoms with E-state index < -0.39 is 10.0 Å². The molecule has 0 unspecified atom stereocenters. The molecule has 0 spiro atoms. The van der Waals surface area contributed by atoms with Gasteiger partial charge in [-0.05, 0) is 52.8 Å². The maximum Gasteiger partial charge on any atom is 0.242 e. The van der Waals surface area contributed by atoms with Crippen molar-refractivity contribution < 1.29 is 12.8 Å². The summed E-state index contributed by atoms with van der Waals surface area (Å²) in [4.78, 5) is 0.212. The Labute approximate surface area is 126 Å². The molecule has 0 aliphatic carbocycles. The van der Waals surface area contributed by atoms with Gasteiger partial charge in [-0.2, -0.15) is 0 Å². The van der Waals surface area contributed by atoms with Crippen LogP contribution in [0.2, 0.25) is 0 Å². The summed E-state index contributed by atoms with van der Waals surface area (Å²) in [6, 6.07) is 8.58. The number of benzene rings is 1. The summed E-state index contributed by atoms with van der Waals surface area (Å²) in [6.45, 7) is 0.804. The van der Waals surface area contributed by atoms with Crippen molar-refractivity contribution >= 4 is 26.0 Å². The van der Waals surface area contributed by atoms with Crippen molar-refractivity contribution in [1.82, 2.24) is 10.0 Å². The van der Waals surface area contributed by atoms with Gasteiger partial charge < -0.3 is 9.73 Å². The highest BCUT2D eigenvalue weighted by Gasteiger charge is 2.18. The molecular formula is C13H15BrN2O3S. The Morgan fingerprint density at radius 1 is 1.25 bits per heavy atom. The zero-order valence-electron chi connectivity index (χ0n) is 10.9. The Kier molecular flexibility index (Phi) is 4.98. The van der Waals surface area contributed by atoms with Gasteiger partial charge in [0.25, 0.3) is 0 Å². The minimum absolute atomic E-state index is 0.125. The van der Waals surface area contributed by atoms with Crippen molar-refractivity contribution in [3.8, 4) is 0 Å². The van der Waals surface area contributed by atoms with Gasteiger partial charge in [0.2, 0.25) is 10.0 Å². The highest BCUT2D eigenvalue weighted by Crippen LogP contribution is 2.23. The third-order valence-corrected chi connectivity index (χ3v) is 5.06. The van der Waals surface area contributed by atoms with Gasteiger partial charge in [0.05, 0.1) is 17.7 Å². The van der Waals surface area contributed by atoms with Crippen LogP contribution >= 0.6 is 15.9 Å². The predicted molar refractivity (Wildman–Crippen MR) is 79.6 cm³/mol. The second kappa shape index (κ2) is 6.53. The van der Waals surface area contributed by atoms with Crippen LogP contribution in [0.3, 0.4) is 0 Å². The summed E-state index contributed by atoms with van der Waals surface area (Å²) >= 11 is 3.30. The zero-order chi connectivity index (χ0) is 14.6. The van der Waals surface area contributed by atoms with Crippen LogP contribution in [0.4, 0.5) is 0 Å². The SMILES string of the molecule is CNCc1ccc(S(=O)(=O)NCc2ccco2)c(Br)c1. The van der Waals surface area contributed by atoms with Crippen molar-refractivity contribution in [2.75, 3.05) is 7.05 Å². The summed E-state index contributed by atoms with van der Waals surface area (Å²) in [5.74, 6) is 0.566. The van der Waals surface area contributed by atoms with E-state index in [-0.39, 0.29) is 11.4 Å². The molecule has 0 aliphatic rings. The van der Waals surface area contributed by atoms with Gasteiger partial charge in [0.15, 0.2) is 0 Å². The number of rotatable bonds is 6. The van der Waals surface area contributed by atoms with E-state index in [0.29, 0.717) is 16.8 Å². The van der Waals surface area contributed by atoms with Crippen molar-refractivity contribution in [2.24, 2.45) is 0 Å². The highest BCUT2D eigenvalue weighted by molar-refractivity contribution is 9.10. The van der Waals surface area contributed by atoms with E-state index in [1.54, 1.807) is 30.3 Å². The maximum atomic E-state index is 12.2. The van der Waals surface area contributed by atoms with Crippen LogP contribution in [0.25, 0.3) is 0 Å². The molecule has 2 aromatic rings. The largest absolute Gasteiger partial charge is 0.468 e. The Balaban J connectivity index is 2.16. The summed E-state index contributed by atoms with van der Waals surface area (Å²) < 4.78 is 32.6. The first-order valence-electron chi connectivity index (χ1n) is 5.98. The van der Waals surface area contributed by atoms with E-state index in [4.69, 9.17) is 4.42 Å². The second-order valence-corrected chi connectivity index (χ2v) is 6.79. The molecule has 0 bridgehead atoms. The van der Waals surface area contributed by atoms with Gasteiger partial charge in [-0.25, -0.2) is 13.1 Å². The molecule has 1 aromatic heterocycles. The van der Waals surface area contributed by atoms with Crippen LogP contribution < -0.4 is 10.0 Å². The number of nitrogens with one attached hydrogen (secondary N) is 2. The van der Waals surface area contributed by atoms with E-state index in [1.807, 2.05) is 7.05 Å². The van der Waals surface area contributed by atoms with Gasteiger partial charge in [-0.15, -0.1) is 0 Å². The lowest BCUT2D eigenvalue weighted by atomic mass is 10.2. The number of furan rings is 1. The molecular weight excluding hydrogens is 344 g/mol. The number of halogens is 1. The fourth-order valence-corrected chi connectivity index (χ4v) is 3.85. The molecule has 0 radical (unpaired) electrons. The fraction of sp³-hybridized carbons (Fsp3) is 0.231. The molecule has 0 aliphatic heterocycles. The average molecular weight is 359 g/mol. The molecule has 1 aromatic carbocycles. The molecule has 2 rings (SSSR count). The molecule has 0 fully saturated rings. The molecule has 5 nitrogen and oxygen atoms in total. The zero-order valence-corrected chi connectivity index (χ0v) is 13.3.